The molecule has 0 unspecified atom stereocenters. The average molecular weight is 333 g/mol. The number of carbonyl (C=O) groups excluding carboxylic acids is 1. The second-order valence-corrected chi connectivity index (χ2v) is 5.29. The first kappa shape index (κ1) is 17.5. The number of amides is 1. The van der Waals surface area contributed by atoms with Gasteiger partial charge in [-0.15, -0.1) is 0 Å². The summed E-state index contributed by atoms with van der Waals surface area (Å²) in [5.41, 5.74) is 1.55. The van der Waals surface area contributed by atoms with Crippen molar-refractivity contribution < 1.29 is 23.8 Å². The van der Waals surface area contributed by atoms with Gasteiger partial charge in [0.2, 0.25) is 0 Å². The molecule has 2 N–H and O–H groups in total. The Morgan fingerprint density at radius 3 is 2.75 bits per heavy atom. The van der Waals surface area contributed by atoms with E-state index >= 15 is 0 Å². The lowest BCUT2D eigenvalue weighted by molar-refractivity contribution is -0.137. The van der Waals surface area contributed by atoms with Crippen LogP contribution in [0.1, 0.15) is 24.5 Å². The highest BCUT2D eigenvalue weighted by atomic mass is 16.5. The molecule has 0 aliphatic carbocycles. The van der Waals surface area contributed by atoms with Gasteiger partial charge in [-0.2, -0.15) is 0 Å². The third-order valence-electron chi connectivity index (χ3n) is 3.60. The van der Waals surface area contributed by atoms with Gasteiger partial charge in [0.15, 0.2) is 6.61 Å². The average Bonchev–Trinajstić information content (AvgIpc) is 2.53. The van der Waals surface area contributed by atoms with Gasteiger partial charge in [-0.1, -0.05) is 6.92 Å². The van der Waals surface area contributed by atoms with Crippen LogP contribution >= 0.6 is 0 Å². The van der Waals surface area contributed by atoms with Crippen molar-refractivity contribution in [1.82, 2.24) is 5.32 Å². The van der Waals surface area contributed by atoms with Crippen LogP contribution in [0.3, 0.4) is 0 Å². The van der Waals surface area contributed by atoms with Gasteiger partial charge in [-0.05, 0) is 31.0 Å². The summed E-state index contributed by atoms with van der Waals surface area (Å²) in [6, 6.07) is 4.99. The van der Waals surface area contributed by atoms with E-state index in [1.165, 1.54) is 6.07 Å². The van der Waals surface area contributed by atoms with E-state index in [-0.39, 0.29) is 19.6 Å². The molecule has 7 heteroatoms. The number of hydrogen-bond acceptors (Lipinski definition) is 5. The van der Waals surface area contributed by atoms with Crippen LogP contribution in [0.4, 0.5) is 0 Å². The molecular formula is C17H19NO6. The monoisotopic (exact) mass is 333 g/mol. The van der Waals surface area contributed by atoms with Gasteiger partial charge in [0.05, 0.1) is 6.42 Å². The van der Waals surface area contributed by atoms with Crippen LogP contribution in [0.25, 0.3) is 11.0 Å². The van der Waals surface area contributed by atoms with E-state index in [1.54, 1.807) is 19.1 Å². The first-order chi connectivity index (χ1) is 11.4. The summed E-state index contributed by atoms with van der Waals surface area (Å²) in [6.45, 7) is 3.50. The molecule has 1 aromatic carbocycles. The normalized spacial score (nSPS) is 10.6. The maximum Gasteiger partial charge on any atom is 0.336 e. The van der Waals surface area contributed by atoms with Crippen molar-refractivity contribution >= 4 is 22.8 Å². The molecule has 0 spiro atoms. The zero-order valence-electron chi connectivity index (χ0n) is 13.5. The molecular weight excluding hydrogens is 314 g/mol. The predicted octanol–water partition coefficient (Wildman–Crippen LogP) is 1.63. The van der Waals surface area contributed by atoms with Gasteiger partial charge in [0.25, 0.3) is 5.91 Å². The maximum atomic E-state index is 11.6. The van der Waals surface area contributed by atoms with Gasteiger partial charge < -0.3 is 19.6 Å². The lowest BCUT2D eigenvalue weighted by atomic mass is 10.0. The largest absolute Gasteiger partial charge is 0.483 e. The molecule has 0 aliphatic rings. The molecule has 2 rings (SSSR count). The van der Waals surface area contributed by atoms with E-state index in [0.717, 1.165) is 10.9 Å². The fraction of sp³-hybridized carbons (Fsp3) is 0.353. The van der Waals surface area contributed by atoms with Crippen molar-refractivity contribution in [1.29, 1.82) is 0 Å². The Hall–Kier alpha value is -2.83. The minimum atomic E-state index is -0.983. The molecule has 0 radical (unpaired) electrons. The molecule has 0 saturated carbocycles. The zero-order valence-corrected chi connectivity index (χ0v) is 13.5. The van der Waals surface area contributed by atoms with Crippen LogP contribution in [0.2, 0.25) is 0 Å². The minimum Gasteiger partial charge on any atom is -0.483 e. The highest BCUT2D eigenvalue weighted by Crippen LogP contribution is 2.28. The Labute approximate surface area is 138 Å². The van der Waals surface area contributed by atoms with Gasteiger partial charge in [-0.3, -0.25) is 9.59 Å². The lowest BCUT2D eigenvalue weighted by Crippen LogP contribution is -2.30. The number of carbonyl (C=O) groups is 2. The number of ether oxygens (including phenoxy) is 1. The molecule has 0 saturated heterocycles. The summed E-state index contributed by atoms with van der Waals surface area (Å²) in [4.78, 5) is 33.7. The van der Waals surface area contributed by atoms with Gasteiger partial charge in [0, 0.05) is 23.6 Å². The van der Waals surface area contributed by atoms with Crippen molar-refractivity contribution in [3.8, 4) is 5.75 Å². The topological polar surface area (TPSA) is 106 Å². The summed E-state index contributed by atoms with van der Waals surface area (Å²) in [7, 11) is 0. The number of aryl methyl sites for hydroxylation is 2. The van der Waals surface area contributed by atoms with E-state index in [2.05, 4.69) is 5.32 Å². The molecule has 0 atom stereocenters. The van der Waals surface area contributed by atoms with Gasteiger partial charge >= 0.3 is 11.6 Å². The number of hydrogen-bond donors (Lipinski definition) is 2. The second-order valence-electron chi connectivity index (χ2n) is 5.29. The Balaban J connectivity index is 2.13. The fourth-order valence-electron chi connectivity index (χ4n) is 2.36. The number of benzene rings is 1. The standard InChI is InChI=1S/C17H19NO6/c1-3-11-8-16(22)24-17-10(2)13(5-4-12(11)17)23-9-14(19)18-7-6-15(20)21/h4-5,8H,3,6-7,9H2,1-2H3,(H,18,19)(H,20,21). The van der Waals surface area contributed by atoms with Crippen molar-refractivity contribution in [3.63, 3.8) is 0 Å². The Morgan fingerprint density at radius 1 is 1.33 bits per heavy atom. The number of aliphatic carboxylic acids is 1. The Morgan fingerprint density at radius 2 is 2.08 bits per heavy atom. The van der Waals surface area contributed by atoms with Crippen LogP contribution in [-0.2, 0) is 16.0 Å². The number of nitrogens with one attached hydrogen (secondary N) is 1. The highest BCUT2D eigenvalue weighted by molar-refractivity contribution is 5.85. The van der Waals surface area contributed by atoms with Crippen LogP contribution in [0.5, 0.6) is 5.75 Å². The van der Waals surface area contributed by atoms with Crippen LogP contribution in [-0.4, -0.2) is 30.1 Å². The number of carboxylic acids is 1. The molecule has 0 fully saturated rings. The summed E-state index contributed by atoms with van der Waals surface area (Å²) >= 11 is 0. The van der Waals surface area contributed by atoms with E-state index in [1.807, 2.05) is 6.92 Å². The van der Waals surface area contributed by atoms with E-state index in [0.29, 0.717) is 23.3 Å². The van der Waals surface area contributed by atoms with Gasteiger partial charge in [-0.25, -0.2) is 4.79 Å². The summed E-state index contributed by atoms with van der Waals surface area (Å²) in [6.07, 6.45) is 0.555. The molecule has 7 nitrogen and oxygen atoms in total. The highest BCUT2D eigenvalue weighted by Gasteiger charge is 2.12. The Kier molecular flexibility index (Phi) is 5.57. The summed E-state index contributed by atoms with van der Waals surface area (Å²) < 4.78 is 10.7. The summed E-state index contributed by atoms with van der Waals surface area (Å²) in [5, 5.41) is 11.8. The molecule has 24 heavy (non-hydrogen) atoms. The van der Waals surface area contributed by atoms with E-state index < -0.39 is 17.5 Å². The first-order valence-corrected chi connectivity index (χ1v) is 7.60. The van der Waals surface area contributed by atoms with Crippen molar-refractivity contribution in [2.24, 2.45) is 0 Å². The summed E-state index contributed by atoms with van der Waals surface area (Å²) in [5.74, 6) is -0.963. The molecule has 1 aromatic heterocycles. The zero-order chi connectivity index (χ0) is 17.7. The Bertz CT molecular complexity index is 824. The second kappa shape index (κ2) is 7.63. The maximum absolute atomic E-state index is 11.6. The SMILES string of the molecule is CCc1cc(=O)oc2c(C)c(OCC(=O)NCCC(=O)O)ccc12. The molecule has 2 aromatic rings. The molecule has 1 amide bonds. The van der Waals surface area contributed by atoms with Crippen LogP contribution in [0, 0.1) is 6.92 Å². The van der Waals surface area contributed by atoms with Crippen molar-refractivity contribution in [2.45, 2.75) is 26.7 Å². The number of rotatable bonds is 7. The fourth-order valence-corrected chi connectivity index (χ4v) is 2.36. The lowest BCUT2D eigenvalue weighted by Gasteiger charge is -2.12. The van der Waals surface area contributed by atoms with Crippen molar-refractivity contribution in [3.05, 3.63) is 39.7 Å². The van der Waals surface area contributed by atoms with E-state index in [9.17, 15) is 14.4 Å². The first-order valence-electron chi connectivity index (χ1n) is 7.60. The minimum absolute atomic E-state index is 0.0446. The number of fused-ring (bicyclic) bond motifs is 1. The van der Waals surface area contributed by atoms with Crippen molar-refractivity contribution in [2.75, 3.05) is 13.2 Å². The predicted molar refractivity (Wildman–Crippen MR) is 87.4 cm³/mol. The van der Waals surface area contributed by atoms with Gasteiger partial charge in [0.1, 0.15) is 11.3 Å². The number of carboxylic acid groups (broad SMARTS) is 1. The van der Waals surface area contributed by atoms with Crippen LogP contribution < -0.4 is 15.7 Å². The quantitative estimate of drug-likeness (QED) is 0.746. The smallest absolute Gasteiger partial charge is 0.336 e. The molecule has 128 valence electrons. The third kappa shape index (κ3) is 4.13. The van der Waals surface area contributed by atoms with E-state index in [4.69, 9.17) is 14.3 Å². The molecule has 0 bridgehead atoms. The van der Waals surface area contributed by atoms with Crippen LogP contribution in [0.15, 0.2) is 27.4 Å². The third-order valence-corrected chi connectivity index (χ3v) is 3.60. The molecule has 0 aliphatic heterocycles. The molecule has 1 heterocycles.